The first-order valence-corrected chi connectivity index (χ1v) is 12.6. The normalized spacial score (nSPS) is 12.5. The Labute approximate surface area is 219 Å². The lowest BCUT2D eigenvalue weighted by atomic mass is 9.95. The number of aryl methyl sites for hydroxylation is 3. The van der Waals surface area contributed by atoms with Crippen molar-refractivity contribution >= 4 is 17.5 Å². The van der Waals surface area contributed by atoms with Gasteiger partial charge in [0, 0.05) is 12.2 Å². The van der Waals surface area contributed by atoms with Crippen LogP contribution >= 0.6 is 0 Å². The minimum absolute atomic E-state index is 0.276. The average molecular weight is 503 g/mol. The molecule has 0 aliphatic carbocycles. The van der Waals surface area contributed by atoms with Crippen LogP contribution in [-0.2, 0) is 29.0 Å². The van der Waals surface area contributed by atoms with Crippen molar-refractivity contribution in [3.05, 3.63) is 94.5 Å². The molecule has 0 fully saturated rings. The largest absolute Gasteiger partial charge is 0.489 e. The number of primary amides is 1. The molecule has 3 aromatic carbocycles. The Balaban J connectivity index is 1.66. The summed E-state index contributed by atoms with van der Waals surface area (Å²) in [5.74, 6) is -0.0718. The van der Waals surface area contributed by atoms with E-state index >= 15 is 0 Å². The van der Waals surface area contributed by atoms with Gasteiger partial charge in [-0.1, -0.05) is 42.5 Å². The molecule has 2 atom stereocenters. The molecule has 0 radical (unpaired) electrons. The van der Waals surface area contributed by atoms with Crippen molar-refractivity contribution in [1.29, 1.82) is 0 Å². The Morgan fingerprint density at radius 3 is 2.16 bits per heavy atom. The second-order valence-corrected chi connectivity index (χ2v) is 9.58. The number of anilines is 1. The van der Waals surface area contributed by atoms with Gasteiger partial charge in [-0.05, 0) is 92.1 Å². The molecular weight excluding hydrogens is 464 g/mol. The zero-order valence-corrected chi connectivity index (χ0v) is 21.9. The third-order valence-corrected chi connectivity index (χ3v) is 6.67. The molecule has 0 heterocycles. The van der Waals surface area contributed by atoms with Gasteiger partial charge in [-0.25, -0.2) is 0 Å². The van der Waals surface area contributed by atoms with Crippen molar-refractivity contribution in [2.24, 2.45) is 11.5 Å². The highest BCUT2D eigenvalue weighted by Crippen LogP contribution is 2.24. The van der Waals surface area contributed by atoms with Gasteiger partial charge >= 0.3 is 0 Å². The summed E-state index contributed by atoms with van der Waals surface area (Å²) in [7, 11) is 0. The van der Waals surface area contributed by atoms with E-state index in [4.69, 9.17) is 21.9 Å². The number of ether oxygens (including phenoxy) is 1. The van der Waals surface area contributed by atoms with Crippen LogP contribution in [0, 0.1) is 13.8 Å². The number of hydrogen-bond donors (Lipinski definition) is 3. The summed E-state index contributed by atoms with van der Waals surface area (Å²) < 4.78 is 5.98. The number of rotatable bonds is 12. The maximum atomic E-state index is 13.4. The van der Waals surface area contributed by atoms with E-state index in [9.17, 15) is 9.59 Å². The van der Waals surface area contributed by atoms with Crippen LogP contribution in [-0.4, -0.2) is 35.3 Å². The maximum absolute atomic E-state index is 13.4. The van der Waals surface area contributed by atoms with Crippen molar-refractivity contribution in [3.8, 4) is 5.75 Å². The van der Waals surface area contributed by atoms with Gasteiger partial charge in [0.05, 0.1) is 6.04 Å². The summed E-state index contributed by atoms with van der Waals surface area (Å²) in [6, 6.07) is 20.0. The zero-order valence-electron chi connectivity index (χ0n) is 21.9. The summed E-state index contributed by atoms with van der Waals surface area (Å²) in [5, 5.41) is 0. The Kier molecular flexibility index (Phi) is 9.69. The highest BCUT2D eigenvalue weighted by Gasteiger charge is 2.28. The van der Waals surface area contributed by atoms with Gasteiger partial charge in [-0.15, -0.1) is 0 Å². The number of amides is 2. The van der Waals surface area contributed by atoms with E-state index in [1.807, 2.05) is 80.6 Å². The van der Waals surface area contributed by atoms with E-state index < -0.39 is 18.0 Å². The number of carbonyl (C=O) groups is 2. The molecule has 7 heteroatoms. The van der Waals surface area contributed by atoms with E-state index in [1.165, 1.54) is 10.5 Å². The second kappa shape index (κ2) is 12.9. The molecule has 0 aliphatic rings. The van der Waals surface area contributed by atoms with Crippen molar-refractivity contribution in [2.45, 2.75) is 58.7 Å². The lowest BCUT2D eigenvalue weighted by Crippen LogP contribution is -2.53. The lowest BCUT2D eigenvalue weighted by molar-refractivity contribution is -0.139. The molecule has 37 heavy (non-hydrogen) atoms. The first-order chi connectivity index (χ1) is 17.7. The molecule has 3 aromatic rings. The summed E-state index contributed by atoms with van der Waals surface area (Å²) in [5.41, 5.74) is 23.6. The fourth-order valence-corrected chi connectivity index (χ4v) is 4.41. The lowest BCUT2D eigenvalue weighted by Gasteiger charge is -2.30. The molecule has 0 spiro atoms. The topological polar surface area (TPSA) is 125 Å². The molecule has 0 saturated heterocycles. The van der Waals surface area contributed by atoms with Gasteiger partial charge in [0.2, 0.25) is 11.8 Å². The SMILES string of the molecule is Cc1cc(OCc2ccc(N)cc2)cc(C)c1C[C@H](N)C(=O)N(CCCc1ccccc1)[C@H](C)C(N)=O. The molecular formula is C30H38N4O3. The highest BCUT2D eigenvalue weighted by molar-refractivity contribution is 5.89. The Bertz CT molecular complexity index is 1170. The number of nitrogens with two attached hydrogens (primary N) is 3. The van der Waals surface area contributed by atoms with E-state index in [0.717, 1.165) is 34.4 Å². The molecule has 0 aliphatic heterocycles. The van der Waals surface area contributed by atoms with Gasteiger partial charge < -0.3 is 26.8 Å². The van der Waals surface area contributed by atoms with Gasteiger partial charge in [0.1, 0.15) is 18.4 Å². The van der Waals surface area contributed by atoms with Crippen LogP contribution in [0.25, 0.3) is 0 Å². The van der Waals surface area contributed by atoms with Gasteiger partial charge in [0.25, 0.3) is 0 Å². The third kappa shape index (κ3) is 7.82. The predicted octanol–water partition coefficient (Wildman–Crippen LogP) is 3.67. The van der Waals surface area contributed by atoms with Crippen molar-refractivity contribution < 1.29 is 14.3 Å². The molecule has 0 bridgehead atoms. The Morgan fingerprint density at radius 1 is 0.946 bits per heavy atom. The average Bonchev–Trinajstić information content (AvgIpc) is 2.88. The Morgan fingerprint density at radius 2 is 1.57 bits per heavy atom. The molecule has 6 N–H and O–H groups in total. The van der Waals surface area contributed by atoms with Gasteiger partial charge in [0.15, 0.2) is 0 Å². The van der Waals surface area contributed by atoms with Crippen LogP contribution < -0.4 is 21.9 Å². The fraction of sp³-hybridized carbons (Fsp3) is 0.333. The van der Waals surface area contributed by atoms with Crippen molar-refractivity contribution in [1.82, 2.24) is 4.90 Å². The van der Waals surface area contributed by atoms with Crippen LogP contribution in [0.15, 0.2) is 66.7 Å². The van der Waals surface area contributed by atoms with Crippen molar-refractivity contribution in [3.63, 3.8) is 0 Å². The molecule has 0 saturated carbocycles. The zero-order chi connectivity index (χ0) is 26.9. The summed E-state index contributed by atoms with van der Waals surface area (Å²) in [4.78, 5) is 26.8. The highest BCUT2D eigenvalue weighted by atomic mass is 16.5. The minimum Gasteiger partial charge on any atom is -0.489 e. The molecule has 7 nitrogen and oxygen atoms in total. The quantitative estimate of drug-likeness (QED) is 0.326. The van der Waals surface area contributed by atoms with Crippen LogP contribution in [0.2, 0.25) is 0 Å². The third-order valence-electron chi connectivity index (χ3n) is 6.67. The molecule has 3 rings (SSSR count). The summed E-state index contributed by atoms with van der Waals surface area (Å²) >= 11 is 0. The first kappa shape index (κ1) is 27.7. The van der Waals surface area contributed by atoms with Gasteiger partial charge in [-0.2, -0.15) is 0 Å². The van der Waals surface area contributed by atoms with E-state index in [0.29, 0.717) is 31.7 Å². The maximum Gasteiger partial charge on any atom is 0.240 e. The fourth-order valence-electron chi connectivity index (χ4n) is 4.41. The van der Waals surface area contributed by atoms with Crippen LogP contribution in [0.4, 0.5) is 5.69 Å². The van der Waals surface area contributed by atoms with E-state index in [1.54, 1.807) is 6.92 Å². The van der Waals surface area contributed by atoms with Gasteiger partial charge in [-0.3, -0.25) is 9.59 Å². The van der Waals surface area contributed by atoms with Crippen LogP contribution in [0.5, 0.6) is 5.75 Å². The minimum atomic E-state index is -0.794. The number of benzene rings is 3. The van der Waals surface area contributed by atoms with E-state index in [-0.39, 0.29) is 5.91 Å². The number of carbonyl (C=O) groups excluding carboxylic acids is 2. The van der Waals surface area contributed by atoms with E-state index in [2.05, 4.69) is 0 Å². The number of nitrogen functional groups attached to an aromatic ring is 1. The van der Waals surface area contributed by atoms with Crippen LogP contribution in [0.1, 0.15) is 41.2 Å². The molecule has 0 unspecified atom stereocenters. The Hall–Kier alpha value is -3.84. The number of hydrogen-bond acceptors (Lipinski definition) is 5. The summed E-state index contributed by atoms with van der Waals surface area (Å²) in [6.45, 7) is 6.46. The first-order valence-electron chi connectivity index (χ1n) is 12.6. The monoisotopic (exact) mass is 502 g/mol. The van der Waals surface area contributed by atoms with Crippen molar-refractivity contribution in [2.75, 3.05) is 12.3 Å². The molecule has 2 amide bonds. The molecule has 0 aromatic heterocycles. The molecule has 196 valence electrons. The second-order valence-electron chi connectivity index (χ2n) is 9.58. The predicted molar refractivity (Wildman–Crippen MR) is 148 cm³/mol. The van der Waals surface area contributed by atoms with Crippen LogP contribution in [0.3, 0.4) is 0 Å². The number of nitrogens with zero attached hydrogens (tertiary/aromatic N) is 1. The summed E-state index contributed by atoms with van der Waals surface area (Å²) in [6.07, 6.45) is 1.86. The standard InChI is InChI=1S/C30H38N4O3/c1-20-16-26(37-19-24-11-13-25(31)14-12-24)17-21(2)27(20)18-28(32)30(36)34(22(3)29(33)35)15-7-10-23-8-5-4-6-9-23/h4-6,8-9,11-14,16-17,22,28H,7,10,15,18-19,31-32H2,1-3H3,(H2,33,35)/t22-,28+/m1/s1. The smallest absolute Gasteiger partial charge is 0.240 e.